The van der Waals surface area contributed by atoms with Gasteiger partial charge in [-0.1, -0.05) is 52.9 Å². The number of carboxylic acid groups (broad SMARTS) is 2. The van der Waals surface area contributed by atoms with Crippen LogP contribution >= 0.6 is 0 Å². The molecule has 0 aromatic rings. The molecule has 1 atom stereocenters. The van der Waals surface area contributed by atoms with Crippen LogP contribution in [-0.2, 0) is 9.59 Å². The first-order valence-corrected chi connectivity index (χ1v) is 7.48. The zero-order valence-electron chi connectivity index (χ0n) is 13.2. The molecule has 0 aromatic carbocycles. The van der Waals surface area contributed by atoms with Gasteiger partial charge in [0, 0.05) is 0 Å². The molecule has 0 spiro atoms. The Morgan fingerprint density at radius 2 is 1.35 bits per heavy atom. The molecule has 20 heavy (non-hydrogen) atoms. The van der Waals surface area contributed by atoms with E-state index in [2.05, 4.69) is 13.8 Å². The van der Waals surface area contributed by atoms with E-state index >= 15 is 0 Å². The Morgan fingerprint density at radius 3 is 1.75 bits per heavy atom. The molecule has 0 radical (unpaired) electrons. The van der Waals surface area contributed by atoms with Gasteiger partial charge in [0.1, 0.15) is 5.57 Å². The molecule has 2 N–H and O–H groups in total. The minimum absolute atomic E-state index is 0.336. The largest absolute Gasteiger partial charge is 0.477 e. The van der Waals surface area contributed by atoms with Crippen LogP contribution in [0.5, 0.6) is 0 Å². The van der Waals surface area contributed by atoms with Crippen LogP contribution in [0, 0.1) is 5.41 Å². The highest BCUT2D eigenvalue weighted by atomic mass is 16.4. The maximum Gasteiger partial charge on any atom is 0.343 e. The predicted molar refractivity (Wildman–Crippen MR) is 79.7 cm³/mol. The summed E-state index contributed by atoms with van der Waals surface area (Å²) in [5, 5.41) is 18.3. The first-order valence-electron chi connectivity index (χ1n) is 7.48. The van der Waals surface area contributed by atoms with Crippen LogP contribution in [0.3, 0.4) is 0 Å². The fourth-order valence-corrected chi connectivity index (χ4v) is 2.55. The van der Waals surface area contributed by atoms with Crippen LogP contribution < -0.4 is 0 Å². The molecule has 0 amide bonds. The lowest BCUT2D eigenvalue weighted by molar-refractivity contribution is -0.140. The molecule has 0 aromatic heterocycles. The maximum absolute atomic E-state index is 11.2. The number of aliphatic carboxylic acids is 2. The van der Waals surface area contributed by atoms with Gasteiger partial charge in [0.2, 0.25) is 0 Å². The topological polar surface area (TPSA) is 74.6 Å². The summed E-state index contributed by atoms with van der Waals surface area (Å²) in [5.74, 6) is -2.68. The van der Waals surface area contributed by atoms with E-state index in [0.29, 0.717) is 5.57 Å². The Labute approximate surface area is 121 Å². The molecule has 1 unspecified atom stereocenters. The molecule has 0 aliphatic rings. The second-order valence-corrected chi connectivity index (χ2v) is 5.73. The summed E-state index contributed by atoms with van der Waals surface area (Å²) in [4.78, 5) is 22.4. The molecule has 0 fully saturated rings. The van der Waals surface area contributed by atoms with E-state index < -0.39 is 17.5 Å². The van der Waals surface area contributed by atoms with Crippen molar-refractivity contribution in [1.82, 2.24) is 0 Å². The lowest BCUT2D eigenvalue weighted by atomic mass is 9.72. The third-order valence-electron chi connectivity index (χ3n) is 4.12. The van der Waals surface area contributed by atoms with Crippen LogP contribution in [0.4, 0.5) is 0 Å². The summed E-state index contributed by atoms with van der Waals surface area (Å²) in [7, 11) is 0. The molecule has 0 heterocycles. The third-order valence-corrected chi connectivity index (χ3v) is 4.12. The molecule has 0 aliphatic heterocycles. The van der Waals surface area contributed by atoms with E-state index in [1.807, 2.05) is 6.92 Å². The fourth-order valence-electron chi connectivity index (χ4n) is 2.55. The van der Waals surface area contributed by atoms with Crippen molar-refractivity contribution in [2.45, 2.75) is 72.6 Å². The summed E-state index contributed by atoms with van der Waals surface area (Å²) in [6, 6.07) is 0. The van der Waals surface area contributed by atoms with Crippen molar-refractivity contribution >= 4 is 11.9 Å². The predicted octanol–water partition coefficient (Wildman–Crippen LogP) is 4.25. The minimum atomic E-state index is -1.34. The highest BCUT2D eigenvalue weighted by Gasteiger charge is 2.32. The molecular formula is C16H28O4. The summed E-state index contributed by atoms with van der Waals surface area (Å²) >= 11 is 0. The van der Waals surface area contributed by atoms with Gasteiger partial charge in [-0.2, -0.15) is 0 Å². The average molecular weight is 284 g/mol. The number of allylic oxidation sites excluding steroid dienone is 1. The van der Waals surface area contributed by atoms with Crippen LogP contribution in [0.2, 0.25) is 0 Å². The zero-order chi connectivity index (χ0) is 15.8. The second-order valence-electron chi connectivity index (χ2n) is 5.73. The number of unbranched alkanes of at least 4 members (excludes halogenated alkanes) is 3. The van der Waals surface area contributed by atoms with E-state index in [1.54, 1.807) is 6.92 Å². The Bertz CT molecular complexity index is 355. The van der Waals surface area contributed by atoms with Gasteiger partial charge in [-0.3, -0.25) is 0 Å². The number of hydrogen-bond acceptors (Lipinski definition) is 2. The number of carboxylic acids is 2. The zero-order valence-corrected chi connectivity index (χ0v) is 13.2. The van der Waals surface area contributed by atoms with Gasteiger partial charge < -0.3 is 10.2 Å². The molecule has 4 heteroatoms. The smallest absolute Gasteiger partial charge is 0.343 e. The highest BCUT2D eigenvalue weighted by Crippen LogP contribution is 2.39. The summed E-state index contributed by atoms with van der Waals surface area (Å²) in [6.45, 7) is 7.87. The van der Waals surface area contributed by atoms with E-state index in [-0.39, 0.29) is 5.41 Å². The highest BCUT2D eigenvalue weighted by molar-refractivity contribution is 6.13. The standard InChI is InChI=1S/C16H28O4/c1-5-7-9-11-16(4,10-8-6-2)12(3)13(14(17)18)15(19)20/h5-11H2,1-4H3,(H,17,18)(H,19,20). The Balaban J connectivity index is 5.40. The minimum Gasteiger partial charge on any atom is -0.477 e. The van der Waals surface area contributed by atoms with Gasteiger partial charge in [0.25, 0.3) is 0 Å². The van der Waals surface area contributed by atoms with Crippen molar-refractivity contribution in [3.8, 4) is 0 Å². The molecule has 4 nitrogen and oxygen atoms in total. The Hall–Kier alpha value is -1.32. The summed E-state index contributed by atoms with van der Waals surface area (Å²) < 4.78 is 0. The van der Waals surface area contributed by atoms with E-state index in [0.717, 1.165) is 44.9 Å². The van der Waals surface area contributed by atoms with Crippen molar-refractivity contribution in [2.24, 2.45) is 5.41 Å². The average Bonchev–Trinajstić information content (AvgIpc) is 2.35. The Kier molecular flexibility index (Phi) is 8.19. The normalized spacial score (nSPS) is 13.6. The Morgan fingerprint density at radius 1 is 0.900 bits per heavy atom. The number of hydrogen-bond donors (Lipinski definition) is 2. The van der Waals surface area contributed by atoms with Crippen molar-refractivity contribution in [3.05, 3.63) is 11.1 Å². The summed E-state index contributed by atoms with van der Waals surface area (Å²) in [5.41, 5.74) is -0.292. The lowest BCUT2D eigenvalue weighted by Crippen LogP contribution is -2.25. The van der Waals surface area contributed by atoms with E-state index in [1.165, 1.54) is 0 Å². The van der Waals surface area contributed by atoms with Crippen molar-refractivity contribution in [1.29, 1.82) is 0 Å². The molecule has 0 rings (SSSR count). The molecule has 0 aliphatic carbocycles. The van der Waals surface area contributed by atoms with Gasteiger partial charge in [-0.25, -0.2) is 9.59 Å². The molecular weight excluding hydrogens is 256 g/mol. The van der Waals surface area contributed by atoms with Crippen molar-refractivity contribution in [2.75, 3.05) is 0 Å². The van der Waals surface area contributed by atoms with Crippen LogP contribution in [0.1, 0.15) is 72.6 Å². The van der Waals surface area contributed by atoms with E-state index in [9.17, 15) is 9.59 Å². The second kappa shape index (κ2) is 8.77. The molecule has 0 bridgehead atoms. The quantitative estimate of drug-likeness (QED) is 0.272. The van der Waals surface area contributed by atoms with Gasteiger partial charge in [0.05, 0.1) is 0 Å². The maximum atomic E-state index is 11.2. The molecule has 116 valence electrons. The van der Waals surface area contributed by atoms with Gasteiger partial charge in [0.15, 0.2) is 0 Å². The van der Waals surface area contributed by atoms with Crippen LogP contribution in [0.25, 0.3) is 0 Å². The first-order chi connectivity index (χ1) is 9.30. The van der Waals surface area contributed by atoms with Crippen molar-refractivity contribution < 1.29 is 19.8 Å². The van der Waals surface area contributed by atoms with Gasteiger partial charge in [-0.15, -0.1) is 0 Å². The van der Waals surface area contributed by atoms with Crippen LogP contribution in [0.15, 0.2) is 11.1 Å². The lowest BCUT2D eigenvalue weighted by Gasteiger charge is -2.32. The number of rotatable bonds is 10. The fraction of sp³-hybridized carbons (Fsp3) is 0.750. The first kappa shape index (κ1) is 18.7. The van der Waals surface area contributed by atoms with Gasteiger partial charge >= 0.3 is 11.9 Å². The monoisotopic (exact) mass is 284 g/mol. The van der Waals surface area contributed by atoms with Crippen molar-refractivity contribution in [3.63, 3.8) is 0 Å². The number of carbonyl (C=O) groups is 2. The van der Waals surface area contributed by atoms with E-state index in [4.69, 9.17) is 10.2 Å². The summed E-state index contributed by atoms with van der Waals surface area (Å²) in [6.07, 6.45) is 6.86. The van der Waals surface area contributed by atoms with Gasteiger partial charge in [-0.05, 0) is 30.8 Å². The molecule has 0 saturated carbocycles. The third kappa shape index (κ3) is 5.35. The van der Waals surface area contributed by atoms with Crippen LogP contribution in [-0.4, -0.2) is 22.2 Å². The SMILES string of the molecule is CCCCCC(C)(CCCC)C(C)=C(C(=O)O)C(=O)O. The molecule has 0 saturated heterocycles.